The highest BCUT2D eigenvalue weighted by molar-refractivity contribution is 5.93. The van der Waals surface area contributed by atoms with Crippen LogP contribution in [0.15, 0.2) is 85.7 Å². The van der Waals surface area contributed by atoms with E-state index in [1.165, 1.54) is 12.0 Å². The fourth-order valence-electron chi connectivity index (χ4n) is 6.73. The molecule has 2 aromatic heterocycles. The number of carbonyl (C=O) groups excluding carboxylic acids is 1. The third-order valence-corrected chi connectivity index (χ3v) is 9.22. The van der Waals surface area contributed by atoms with Crippen LogP contribution < -0.4 is 10.1 Å². The number of methoxy groups -OCH3 is 1. The average Bonchev–Trinajstić information content (AvgIpc) is 3.03. The first-order valence-electron chi connectivity index (χ1n) is 14.9. The molecule has 2 bridgehead atoms. The van der Waals surface area contributed by atoms with E-state index in [9.17, 15) is 4.79 Å². The van der Waals surface area contributed by atoms with E-state index < -0.39 is 0 Å². The zero-order chi connectivity index (χ0) is 29.4. The normalized spacial score (nSPS) is 22.5. The number of amides is 1. The van der Waals surface area contributed by atoms with E-state index in [0.29, 0.717) is 17.5 Å². The van der Waals surface area contributed by atoms with Gasteiger partial charge in [-0.3, -0.25) is 19.7 Å². The molecule has 7 rings (SSSR count). The number of pyridine rings is 2. The van der Waals surface area contributed by atoms with Crippen LogP contribution in [-0.2, 0) is 5.41 Å². The van der Waals surface area contributed by atoms with Gasteiger partial charge in [-0.15, -0.1) is 6.58 Å². The van der Waals surface area contributed by atoms with Crippen LogP contribution in [0.1, 0.15) is 61.3 Å². The highest BCUT2D eigenvalue weighted by atomic mass is 16.5. The molecule has 0 spiro atoms. The lowest BCUT2D eigenvalue weighted by molar-refractivity contribution is 0.00167. The third kappa shape index (κ3) is 5.43. The van der Waals surface area contributed by atoms with Gasteiger partial charge in [0, 0.05) is 35.9 Å². The van der Waals surface area contributed by atoms with E-state index in [2.05, 4.69) is 77.9 Å². The molecule has 3 saturated heterocycles. The maximum Gasteiger partial charge on any atom is 0.270 e. The number of piperidine rings is 3. The van der Waals surface area contributed by atoms with Crippen LogP contribution in [0, 0.1) is 11.8 Å². The highest BCUT2D eigenvalue weighted by Gasteiger charge is 2.43. The van der Waals surface area contributed by atoms with Crippen LogP contribution in [0.2, 0.25) is 0 Å². The van der Waals surface area contributed by atoms with Gasteiger partial charge in [0.15, 0.2) is 0 Å². The molecule has 6 nitrogen and oxygen atoms in total. The van der Waals surface area contributed by atoms with E-state index in [1.807, 2.05) is 42.6 Å². The molecule has 42 heavy (non-hydrogen) atoms. The quantitative estimate of drug-likeness (QED) is 0.247. The molecule has 5 heterocycles. The topological polar surface area (TPSA) is 67.4 Å². The first-order chi connectivity index (χ1) is 20.2. The molecular weight excluding hydrogens is 520 g/mol. The minimum Gasteiger partial charge on any atom is -0.497 e. The van der Waals surface area contributed by atoms with Crippen LogP contribution in [0.3, 0.4) is 0 Å². The summed E-state index contributed by atoms with van der Waals surface area (Å²) in [6.45, 7) is 12.7. The maximum atomic E-state index is 13.8. The number of carbonyl (C=O) groups is 1. The predicted octanol–water partition coefficient (Wildman–Crippen LogP) is 6.97. The predicted molar refractivity (Wildman–Crippen MR) is 169 cm³/mol. The Bertz CT molecular complexity index is 1590. The number of rotatable bonds is 7. The lowest BCUT2D eigenvalue weighted by Gasteiger charge is -2.51. The number of hydrogen-bond donors (Lipinski definition) is 1. The minimum atomic E-state index is -0.227. The molecule has 2 aromatic carbocycles. The molecule has 0 aliphatic carbocycles. The van der Waals surface area contributed by atoms with Gasteiger partial charge in [0.05, 0.1) is 18.7 Å². The van der Waals surface area contributed by atoms with Gasteiger partial charge in [0.2, 0.25) is 0 Å². The van der Waals surface area contributed by atoms with Crippen LogP contribution in [0.4, 0.5) is 0 Å². The van der Waals surface area contributed by atoms with Crippen molar-refractivity contribution < 1.29 is 9.53 Å². The minimum absolute atomic E-state index is 0.0987. The summed E-state index contributed by atoms with van der Waals surface area (Å²) in [7, 11) is 1.67. The fourth-order valence-corrected chi connectivity index (χ4v) is 6.73. The highest BCUT2D eigenvalue weighted by Crippen LogP contribution is 2.42. The summed E-state index contributed by atoms with van der Waals surface area (Å²) < 4.78 is 5.55. The number of aromatic nitrogens is 2. The number of hydrogen-bond acceptors (Lipinski definition) is 5. The second kappa shape index (κ2) is 11.3. The molecular formula is C36H40N4O2. The van der Waals surface area contributed by atoms with Gasteiger partial charge in [-0.05, 0) is 83.7 Å². The summed E-state index contributed by atoms with van der Waals surface area (Å²) >= 11 is 0. The van der Waals surface area contributed by atoms with Crippen molar-refractivity contribution in [3.8, 4) is 16.9 Å². The molecule has 3 aliphatic rings. The Labute approximate surface area is 248 Å². The van der Waals surface area contributed by atoms with Gasteiger partial charge in [0.25, 0.3) is 5.91 Å². The molecule has 5 atom stereocenters. The summed E-state index contributed by atoms with van der Waals surface area (Å²) in [5.41, 5.74) is 5.80. The van der Waals surface area contributed by atoms with Crippen molar-refractivity contribution in [2.45, 2.75) is 51.1 Å². The SMILES string of the molecule is C=CC1CN2CCC1CC2[C@@H](NC(=O)c1ccc(-c2ccc(C(C)(C)C)cc2)cn1)c1ccnc2ccc(OC)cc12. The van der Waals surface area contributed by atoms with Crippen molar-refractivity contribution in [3.63, 3.8) is 0 Å². The number of nitrogens with one attached hydrogen (secondary N) is 1. The molecule has 0 radical (unpaired) electrons. The summed E-state index contributed by atoms with van der Waals surface area (Å²) in [5.74, 6) is 1.66. The van der Waals surface area contributed by atoms with Gasteiger partial charge in [-0.2, -0.15) is 0 Å². The Morgan fingerprint density at radius 3 is 2.50 bits per heavy atom. The van der Waals surface area contributed by atoms with E-state index in [1.54, 1.807) is 13.3 Å². The Balaban J connectivity index is 1.31. The number of fused-ring (bicyclic) bond motifs is 4. The van der Waals surface area contributed by atoms with E-state index in [4.69, 9.17) is 4.74 Å². The zero-order valence-corrected chi connectivity index (χ0v) is 25.0. The molecule has 6 heteroatoms. The maximum absolute atomic E-state index is 13.8. The monoisotopic (exact) mass is 560 g/mol. The number of benzene rings is 2. The first-order valence-corrected chi connectivity index (χ1v) is 14.9. The van der Waals surface area contributed by atoms with Crippen molar-refractivity contribution in [2.24, 2.45) is 11.8 Å². The van der Waals surface area contributed by atoms with Crippen LogP contribution in [0.5, 0.6) is 5.75 Å². The number of nitrogens with zero attached hydrogens (tertiary/aromatic N) is 3. The van der Waals surface area contributed by atoms with Crippen molar-refractivity contribution >= 4 is 16.8 Å². The second-order valence-electron chi connectivity index (χ2n) is 12.7. The Kier molecular flexibility index (Phi) is 7.58. The first kappa shape index (κ1) is 28.1. The molecule has 3 fully saturated rings. The lowest BCUT2D eigenvalue weighted by atomic mass is 9.73. The molecule has 1 N–H and O–H groups in total. The van der Waals surface area contributed by atoms with E-state index in [-0.39, 0.29) is 23.4 Å². The molecule has 216 valence electrons. The fraction of sp³-hybridized carbons (Fsp3) is 0.361. The van der Waals surface area contributed by atoms with E-state index >= 15 is 0 Å². The molecule has 4 aromatic rings. The van der Waals surface area contributed by atoms with Crippen LogP contribution in [-0.4, -0.2) is 47.0 Å². The number of ether oxygens (including phenoxy) is 1. The Morgan fingerprint density at radius 1 is 1.07 bits per heavy atom. The zero-order valence-electron chi connectivity index (χ0n) is 25.0. The average molecular weight is 561 g/mol. The van der Waals surface area contributed by atoms with Gasteiger partial charge in [-0.1, -0.05) is 57.2 Å². The van der Waals surface area contributed by atoms with Crippen molar-refractivity contribution in [2.75, 3.05) is 20.2 Å². The summed E-state index contributed by atoms with van der Waals surface area (Å²) in [6, 6.07) is 20.3. The summed E-state index contributed by atoms with van der Waals surface area (Å²) in [5, 5.41) is 4.41. The molecule has 3 aliphatic heterocycles. The molecule has 0 saturated carbocycles. The molecule has 4 unspecified atom stereocenters. The molecule has 1 amide bonds. The summed E-state index contributed by atoms with van der Waals surface area (Å²) in [4.78, 5) is 25.6. The van der Waals surface area contributed by atoms with E-state index in [0.717, 1.165) is 52.9 Å². The smallest absolute Gasteiger partial charge is 0.270 e. The van der Waals surface area contributed by atoms with Gasteiger partial charge < -0.3 is 10.1 Å². The Morgan fingerprint density at radius 2 is 1.86 bits per heavy atom. The van der Waals surface area contributed by atoms with Crippen LogP contribution in [0.25, 0.3) is 22.0 Å². The van der Waals surface area contributed by atoms with Gasteiger partial charge in [-0.25, -0.2) is 0 Å². The van der Waals surface area contributed by atoms with Gasteiger partial charge in [0.1, 0.15) is 11.4 Å². The largest absolute Gasteiger partial charge is 0.497 e. The third-order valence-electron chi connectivity index (χ3n) is 9.22. The standard InChI is InChI=1S/C36H40N4O2/c1-6-23-22-40-18-16-25(23)19-33(40)34(29-15-17-37-31-14-12-28(42-5)20-30(29)31)39-35(41)32-13-9-26(21-38-32)24-7-10-27(11-8-24)36(2,3)4/h6-15,17,20-21,23,25,33-34H,1,16,18-19,22H2,2-5H3,(H,39,41)/t23?,25?,33?,34-/m0/s1. The Hall–Kier alpha value is -4.03. The second-order valence-corrected chi connectivity index (χ2v) is 12.7. The van der Waals surface area contributed by atoms with Gasteiger partial charge >= 0.3 is 0 Å². The summed E-state index contributed by atoms with van der Waals surface area (Å²) in [6.07, 6.45) is 7.91. The van der Waals surface area contributed by atoms with Crippen molar-refractivity contribution in [3.05, 3.63) is 103 Å². The van der Waals surface area contributed by atoms with Crippen LogP contribution >= 0.6 is 0 Å². The van der Waals surface area contributed by atoms with Crippen molar-refractivity contribution in [1.29, 1.82) is 0 Å². The van der Waals surface area contributed by atoms with Crippen molar-refractivity contribution in [1.82, 2.24) is 20.2 Å². The lowest BCUT2D eigenvalue weighted by Crippen LogP contribution is -2.57.